The second-order valence-electron chi connectivity index (χ2n) is 18.6. The van der Waals surface area contributed by atoms with Crippen LogP contribution in [0, 0.1) is 20.8 Å². The van der Waals surface area contributed by atoms with Gasteiger partial charge in [0.15, 0.2) is 11.5 Å². The van der Waals surface area contributed by atoms with E-state index in [9.17, 15) is 0 Å². The summed E-state index contributed by atoms with van der Waals surface area (Å²) in [6.45, 7) is 14.9. The van der Waals surface area contributed by atoms with Crippen molar-refractivity contribution in [3.05, 3.63) is 162 Å². The predicted molar refractivity (Wildman–Crippen MR) is 271 cm³/mol. The number of benzene rings is 7. The Balaban J connectivity index is 1.14. The van der Waals surface area contributed by atoms with E-state index in [1.807, 2.05) is 22.7 Å². The maximum atomic E-state index is 6.51. The van der Waals surface area contributed by atoms with Crippen LogP contribution in [0.1, 0.15) is 49.4 Å². The average molecular weight is 855 g/mol. The first-order chi connectivity index (χ1) is 30.6. The van der Waals surface area contributed by atoms with Crippen LogP contribution in [0.3, 0.4) is 0 Å². The van der Waals surface area contributed by atoms with Crippen LogP contribution in [0.5, 0.6) is 11.5 Å². The van der Waals surface area contributed by atoms with E-state index in [1.54, 1.807) is 0 Å². The Hall–Kier alpha value is -6.28. The number of anilines is 6. The summed E-state index contributed by atoms with van der Waals surface area (Å²) in [6, 6.07) is 52.7. The Morgan fingerprint density at radius 3 is 1.79 bits per heavy atom. The first kappa shape index (κ1) is 38.4. The highest BCUT2D eigenvalue weighted by atomic mass is 32.1. The van der Waals surface area contributed by atoms with Crippen molar-refractivity contribution in [1.29, 1.82) is 0 Å². The van der Waals surface area contributed by atoms with E-state index in [0.29, 0.717) is 13.2 Å². The SMILES string of the molecule is Cc1cc2c3c(c1)N(c1c(C)cc(C(C)(C)C)cc1C)c1cc4c(cc1B3c1ccc(-c3cc5ccccc5s3)cc1N2c1cccc(-c2cc3ccccc3s2)c1)OCCCO4. The zero-order valence-corrected chi connectivity index (χ0v) is 38.1. The lowest BCUT2D eigenvalue weighted by atomic mass is 9.33. The molecule has 0 radical (unpaired) electrons. The largest absolute Gasteiger partial charge is 0.490 e. The van der Waals surface area contributed by atoms with E-state index in [2.05, 4.69) is 191 Å². The Morgan fingerprint density at radius 2 is 1.14 bits per heavy atom. The summed E-state index contributed by atoms with van der Waals surface area (Å²) in [5, 5.41) is 2.56. The van der Waals surface area contributed by atoms with Crippen molar-refractivity contribution in [3.8, 4) is 32.4 Å². The van der Waals surface area contributed by atoms with Crippen molar-refractivity contribution in [1.82, 2.24) is 0 Å². The molecule has 0 bridgehead atoms. The van der Waals surface area contributed by atoms with Gasteiger partial charge in [-0.15, -0.1) is 22.7 Å². The zero-order valence-electron chi connectivity index (χ0n) is 36.5. The molecule has 308 valence electrons. The van der Waals surface area contributed by atoms with Crippen molar-refractivity contribution >= 4 is 100 Å². The molecule has 4 nitrogen and oxygen atoms in total. The van der Waals surface area contributed by atoms with Gasteiger partial charge in [-0.2, -0.15) is 0 Å². The highest BCUT2D eigenvalue weighted by Crippen LogP contribution is 2.50. The van der Waals surface area contributed by atoms with Crippen LogP contribution >= 0.6 is 22.7 Å². The van der Waals surface area contributed by atoms with Gasteiger partial charge in [-0.25, -0.2) is 0 Å². The highest BCUT2D eigenvalue weighted by molar-refractivity contribution is 7.22. The quantitative estimate of drug-likeness (QED) is 0.165. The van der Waals surface area contributed by atoms with Crippen molar-refractivity contribution in [2.45, 2.75) is 53.4 Å². The molecular formula is C56H47BN2O2S2. The van der Waals surface area contributed by atoms with Gasteiger partial charge in [-0.1, -0.05) is 93.6 Å². The van der Waals surface area contributed by atoms with Crippen LogP contribution in [-0.4, -0.2) is 19.9 Å². The van der Waals surface area contributed by atoms with Gasteiger partial charge in [-0.3, -0.25) is 0 Å². The maximum absolute atomic E-state index is 6.51. The molecule has 7 aromatic carbocycles. The van der Waals surface area contributed by atoms with E-state index in [-0.39, 0.29) is 12.1 Å². The molecule has 0 unspecified atom stereocenters. The molecule has 0 fully saturated rings. The third-order valence-electron chi connectivity index (χ3n) is 13.2. The molecule has 0 spiro atoms. The molecule has 3 aliphatic rings. The molecule has 7 heteroatoms. The van der Waals surface area contributed by atoms with E-state index in [1.165, 1.54) is 102 Å². The monoisotopic (exact) mass is 854 g/mol. The minimum Gasteiger partial charge on any atom is -0.490 e. The molecule has 0 saturated carbocycles. The molecule has 2 aromatic heterocycles. The van der Waals surface area contributed by atoms with Gasteiger partial charge in [0.05, 0.1) is 18.9 Å². The van der Waals surface area contributed by atoms with Crippen LogP contribution in [0.15, 0.2) is 140 Å². The Labute approximate surface area is 378 Å². The molecule has 0 atom stereocenters. The fourth-order valence-electron chi connectivity index (χ4n) is 10.2. The van der Waals surface area contributed by atoms with Crippen LogP contribution in [-0.2, 0) is 5.41 Å². The lowest BCUT2D eigenvalue weighted by Gasteiger charge is -2.45. The second kappa shape index (κ2) is 14.4. The van der Waals surface area contributed by atoms with Gasteiger partial charge in [0.2, 0.25) is 0 Å². The van der Waals surface area contributed by atoms with Gasteiger partial charge < -0.3 is 19.3 Å². The van der Waals surface area contributed by atoms with E-state index >= 15 is 0 Å². The number of fused-ring (bicyclic) bond motifs is 7. The predicted octanol–water partition coefficient (Wildman–Crippen LogP) is 13.9. The van der Waals surface area contributed by atoms with E-state index < -0.39 is 0 Å². The molecule has 0 aliphatic carbocycles. The smallest absolute Gasteiger partial charge is 0.252 e. The van der Waals surface area contributed by atoms with E-state index in [4.69, 9.17) is 9.47 Å². The molecule has 0 amide bonds. The Bertz CT molecular complexity index is 3250. The molecule has 63 heavy (non-hydrogen) atoms. The van der Waals surface area contributed by atoms with Gasteiger partial charge >= 0.3 is 0 Å². The first-order valence-corrected chi connectivity index (χ1v) is 23.7. The number of ether oxygens (including phenoxy) is 2. The Morgan fingerprint density at radius 1 is 0.540 bits per heavy atom. The fourth-order valence-corrected chi connectivity index (χ4v) is 12.4. The zero-order chi connectivity index (χ0) is 42.7. The van der Waals surface area contributed by atoms with Gasteiger partial charge in [-0.05, 0) is 147 Å². The minimum absolute atomic E-state index is 0.0211. The summed E-state index contributed by atoms with van der Waals surface area (Å²) in [5.74, 6) is 1.63. The molecular weight excluding hydrogens is 808 g/mol. The minimum atomic E-state index is -0.0538. The summed E-state index contributed by atoms with van der Waals surface area (Å²) in [7, 11) is 0. The van der Waals surface area contributed by atoms with Crippen molar-refractivity contribution in [2.75, 3.05) is 23.0 Å². The van der Waals surface area contributed by atoms with Crippen LogP contribution in [0.4, 0.5) is 34.1 Å². The summed E-state index contributed by atoms with van der Waals surface area (Å²) in [4.78, 5) is 7.64. The maximum Gasteiger partial charge on any atom is 0.252 e. The number of hydrogen-bond donors (Lipinski definition) is 0. The summed E-state index contributed by atoms with van der Waals surface area (Å²) in [5.41, 5.74) is 18.4. The van der Waals surface area contributed by atoms with Gasteiger partial charge in [0.25, 0.3) is 6.71 Å². The van der Waals surface area contributed by atoms with Gasteiger partial charge in [0, 0.05) is 60.1 Å². The third kappa shape index (κ3) is 6.23. The number of thiophene rings is 2. The van der Waals surface area contributed by atoms with Crippen LogP contribution < -0.4 is 35.7 Å². The van der Waals surface area contributed by atoms with Crippen LogP contribution in [0.2, 0.25) is 0 Å². The van der Waals surface area contributed by atoms with Crippen molar-refractivity contribution in [3.63, 3.8) is 0 Å². The van der Waals surface area contributed by atoms with Gasteiger partial charge in [0.1, 0.15) is 0 Å². The third-order valence-corrected chi connectivity index (χ3v) is 15.5. The summed E-state index contributed by atoms with van der Waals surface area (Å²) in [6.07, 6.45) is 0.849. The molecule has 12 rings (SSSR count). The lowest BCUT2D eigenvalue weighted by Crippen LogP contribution is -2.61. The molecule has 0 N–H and O–H groups in total. The van der Waals surface area contributed by atoms with Crippen molar-refractivity contribution < 1.29 is 9.47 Å². The topological polar surface area (TPSA) is 24.9 Å². The standard InChI is InChI=1S/C56H47BN2O2S2/c1-33-23-46-54-47(24-33)59(55-34(2)25-40(26-35(55)3)56(4,5)6)45-32-49-48(60-21-12-22-61-49)31-43(45)57(54)42-20-19-39(53-30-38-14-8-10-18-51(38)63-53)28-44(42)58(46)41-16-11-15-36(27-41)52-29-37-13-7-9-17-50(37)62-52/h7-11,13-20,23-32H,12,21-22H2,1-6H3. The first-order valence-electron chi connectivity index (χ1n) is 22.1. The number of rotatable bonds is 4. The van der Waals surface area contributed by atoms with E-state index in [0.717, 1.165) is 29.3 Å². The fraction of sp³-hybridized carbons (Fsp3) is 0.179. The van der Waals surface area contributed by atoms with Crippen LogP contribution in [0.25, 0.3) is 41.1 Å². The average Bonchev–Trinajstić information content (AvgIpc) is 3.84. The number of hydrogen-bond acceptors (Lipinski definition) is 6. The molecule has 5 heterocycles. The normalized spacial score (nSPS) is 14.2. The lowest BCUT2D eigenvalue weighted by molar-refractivity contribution is 0.297. The molecule has 0 saturated heterocycles. The molecule has 3 aliphatic heterocycles. The summed E-state index contributed by atoms with van der Waals surface area (Å²) >= 11 is 3.72. The highest BCUT2D eigenvalue weighted by Gasteiger charge is 2.45. The number of aryl methyl sites for hydroxylation is 3. The number of nitrogens with zero attached hydrogens (tertiary/aromatic N) is 2. The summed E-state index contributed by atoms with van der Waals surface area (Å²) < 4.78 is 15.6. The Kier molecular flexibility index (Phi) is 8.77. The molecule has 9 aromatic rings. The second-order valence-corrected chi connectivity index (χ2v) is 20.7. The van der Waals surface area contributed by atoms with Crippen molar-refractivity contribution in [2.24, 2.45) is 0 Å².